The zero-order valence-electron chi connectivity index (χ0n) is 10.9. The Hall–Kier alpha value is -2.68. The molecule has 0 fully saturated rings. The van der Waals surface area contributed by atoms with Crippen molar-refractivity contribution in [1.82, 2.24) is 0 Å². The highest BCUT2D eigenvalue weighted by atomic mass is 19.1. The van der Waals surface area contributed by atoms with Crippen LogP contribution in [-0.4, -0.2) is 0 Å². The predicted octanol–water partition coefficient (Wildman–Crippen LogP) is 5.53. The summed E-state index contributed by atoms with van der Waals surface area (Å²) in [5, 5.41) is 0.980. The number of halogens is 2. The van der Waals surface area contributed by atoms with Crippen LogP contribution in [0.4, 0.5) is 8.78 Å². The van der Waals surface area contributed by atoms with Crippen molar-refractivity contribution < 1.29 is 13.2 Å². The summed E-state index contributed by atoms with van der Waals surface area (Å²) < 4.78 is 32.8. The molecular formula is C18H10F2O. The van der Waals surface area contributed by atoms with Gasteiger partial charge in [-0.05, 0) is 23.3 Å². The summed E-state index contributed by atoms with van der Waals surface area (Å²) in [6, 6.07) is 17.5. The van der Waals surface area contributed by atoms with Crippen LogP contribution < -0.4 is 0 Å². The van der Waals surface area contributed by atoms with Crippen molar-refractivity contribution in [2.75, 3.05) is 0 Å². The molecule has 1 heterocycles. The van der Waals surface area contributed by atoms with E-state index in [1.807, 2.05) is 42.5 Å². The fourth-order valence-electron chi connectivity index (χ4n) is 2.63. The van der Waals surface area contributed by atoms with Gasteiger partial charge in [0, 0.05) is 17.5 Å². The van der Waals surface area contributed by atoms with Crippen LogP contribution >= 0.6 is 0 Å². The first-order chi connectivity index (χ1) is 10.2. The topological polar surface area (TPSA) is 13.1 Å². The molecule has 0 aliphatic rings. The molecule has 4 aromatic rings. The van der Waals surface area contributed by atoms with Crippen LogP contribution in [0.1, 0.15) is 0 Å². The largest absolute Gasteiger partial charge is 0.456 e. The minimum Gasteiger partial charge on any atom is -0.456 e. The normalized spacial score (nSPS) is 11.3. The van der Waals surface area contributed by atoms with Crippen LogP contribution in [0.3, 0.4) is 0 Å². The van der Waals surface area contributed by atoms with Gasteiger partial charge in [-0.3, -0.25) is 0 Å². The Labute approximate surface area is 119 Å². The Morgan fingerprint density at radius 2 is 1.52 bits per heavy atom. The second kappa shape index (κ2) is 4.42. The third kappa shape index (κ3) is 1.89. The number of hydrogen-bond donors (Lipinski definition) is 0. The molecular weight excluding hydrogens is 270 g/mol. The van der Waals surface area contributed by atoms with E-state index in [2.05, 4.69) is 0 Å². The maximum atomic E-state index is 14.0. The standard InChI is InChI=1S/C18H10F2O/c19-13-9-15(20)18-14-8-12(11-4-2-1-3-5-11)6-7-16(14)21-17(18)10-13/h1-10H. The lowest BCUT2D eigenvalue weighted by Gasteiger charge is -2.01. The van der Waals surface area contributed by atoms with Crippen molar-refractivity contribution in [2.24, 2.45) is 0 Å². The second-order valence-corrected chi connectivity index (χ2v) is 4.94. The first-order valence-corrected chi connectivity index (χ1v) is 6.59. The van der Waals surface area contributed by atoms with E-state index in [1.165, 1.54) is 6.07 Å². The highest BCUT2D eigenvalue weighted by Gasteiger charge is 2.13. The van der Waals surface area contributed by atoms with Gasteiger partial charge < -0.3 is 4.42 Å². The molecule has 4 rings (SSSR count). The minimum atomic E-state index is -0.637. The summed E-state index contributed by atoms with van der Waals surface area (Å²) in [5.41, 5.74) is 2.78. The number of furan rings is 1. The lowest BCUT2D eigenvalue weighted by molar-refractivity contribution is 0.584. The first kappa shape index (κ1) is 12.1. The molecule has 3 heteroatoms. The highest BCUT2D eigenvalue weighted by molar-refractivity contribution is 6.06. The van der Waals surface area contributed by atoms with Gasteiger partial charge in [-0.15, -0.1) is 0 Å². The number of rotatable bonds is 1. The Bertz CT molecular complexity index is 955. The van der Waals surface area contributed by atoms with E-state index in [1.54, 1.807) is 6.07 Å². The van der Waals surface area contributed by atoms with Crippen LogP contribution in [0.25, 0.3) is 33.1 Å². The molecule has 0 atom stereocenters. The van der Waals surface area contributed by atoms with Gasteiger partial charge in [0.2, 0.25) is 0 Å². The van der Waals surface area contributed by atoms with E-state index in [0.29, 0.717) is 16.4 Å². The lowest BCUT2D eigenvalue weighted by atomic mass is 10.0. The van der Waals surface area contributed by atoms with Crippen molar-refractivity contribution in [3.8, 4) is 11.1 Å². The Kier molecular flexibility index (Phi) is 2.54. The minimum absolute atomic E-state index is 0.229. The SMILES string of the molecule is Fc1cc(F)c2c(c1)oc1ccc(-c3ccccc3)cc12. The fourth-order valence-corrected chi connectivity index (χ4v) is 2.63. The number of hydrogen-bond acceptors (Lipinski definition) is 1. The van der Waals surface area contributed by atoms with Gasteiger partial charge in [-0.1, -0.05) is 36.4 Å². The molecule has 3 aromatic carbocycles. The monoisotopic (exact) mass is 280 g/mol. The molecule has 0 saturated carbocycles. The Morgan fingerprint density at radius 1 is 0.714 bits per heavy atom. The zero-order valence-corrected chi connectivity index (χ0v) is 10.9. The molecule has 0 N–H and O–H groups in total. The molecule has 0 aliphatic heterocycles. The van der Waals surface area contributed by atoms with E-state index in [-0.39, 0.29) is 5.58 Å². The molecule has 102 valence electrons. The molecule has 0 unspecified atom stereocenters. The fraction of sp³-hybridized carbons (Fsp3) is 0. The highest BCUT2D eigenvalue weighted by Crippen LogP contribution is 2.34. The van der Waals surface area contributed by atoms with Crippen molar-refractivity contribution in [3.63, 3.8) is 0 Å². The van der Waals surface area contributed by atoms with E-state index < -0.39 is 11.6 Å². The van der Waals surface area contributed by atoms with E-state index >= 15 is 0 Å². The summed E-state index contributed by atoms with van der Waals surface area (Å²) in [5.74, 6) is -1.24. The van der Waals surface area contributed by atoms with Gasteiger partial charge in [0.05, 0.1) is 5.39 Å². The van der Waals surface area contributed by atoms with Crippen molar-refractivity contribution >= 4 is 21.9 Å². The van der Waals surface area contributed by atoms with E-state index in [9.17, 15) is 8.78 Å². The van der Waals surface area contributed by atoms with Crippen LogP contribution in [-0.2, 0) is 0 Å². The van der Waals surface area contributed by atoms with Crippen LogP contribution in [0.15, 0.2) is 65.1 Å². The van der Waals surface area contributed by atoms with Gasteiger partial charge >= 0.3 is 0 Å². The average molecular weight is 280 g/mol. The summed E-state index contributed by atoms with van der Waals surface area (Å²) in [6.45, 7) is 0. The number of fused-ring (bicyclic) bond motifs is 3. The summed E-state index contributed by atoms with van der Waals surface area (Å²) in [4.78, 5) is 0. The maximum absolute atomic E-state index is 14.0. The molecule has 0 radical (unpaired) electrons. The average Bonchev–Trinajstić information content (AvgIpc) is 2.85. The Balaban J connectivity index is 2.05. The van der Waals surface area contributed by atoms with Gasteiger partial charge in [-0.25, -0.2) is 8.78 Å². The van der Waals surface area contributed by atoms with Gasteiger partial charge in [-0.2, -0.15) is 0 Å². The smallest absolute Gasteiger partial charge is 0.141 e. The lowest BCUT2D eigenvalue weighted by Crippen LogP contribution is -1.81. The molecule has 21 heavy (non-hydrogen) atoms. The van der Waals surface area contributed by atoms with Crippen LogP contribution in [0, 0.1) is 11.6 Å². The quantitative estimate of drug-likeness (QED) is 0.446. The second-order valence-electron chi connectivity index (χ2n) is 4.94. The van der Waals surface area contributed by atoms with Crippen LogP contribution in [0.2, 0.25) is 0 Å². The molecule has 0 saturated heterocycles. The van der Waals surface area contributed by atoms with Crippen molar-refractivity contribution in [2.45, 2.75) is 0 Å². The summed E-state index contributed by atoms with van der Waals surface area (Å²) in [6.07, 6.45) is 0. The molecule has 0 spiro atoms. The van der Waals surface area contributed by atoms with E-state index in [0.717, 1.165) is 17.2 Å². The predicted molar refractivity (Wildman–Crippen MR) is 79.1 cm³/mol. The van der Waals surface area contributed by atoms with Crippen LogP contribution in [0.5, 0.6) is 0 Å². The van der Waals surface area contributed by atoms with Gasteiger partial charge in [0.25, 0.3) is 0 Å². The molecule has 0 bridgehead atoms. The van der Waals surface area contributed by atoms with Crippen molar-refractivity contribution in [3.05, 3.63) is 72.3 Å². The van der Waals surface area contributed by atoms with Gasteiger partial charge in [0.15, 0.2) is 0 Å². The van der Waals surface area contributed by atoms with Crippen molar-refractivity contribution in [1.29, 1.82) is 0 Å². The third-order valence-electron chi connectivity index (χ3n) is 3.59. The summed E-state index contributed by atoms with van der Waals surface area (Å²) in [7, 11) is 0. The molecule has 0 aliphatic carbocycles. The first-order valence-electron chi connectivity index (χ1n) is 6.59. The van der Waals surface area contributed by atoms with Gasteiger partial charge in [0.1, 0.15) is 22.8 Å². The molecule has 0 amide bonds. The molecule has 1 aromatic heterocycles. The third-order valence-corrected chi connectivity index (χ3v) is 3.59. The zero-order chi connectivity index (χ0) is 14.4. The maximum Gasteiger partial charge on any atom is 0.141 e. The molecule has 1 nitrogen and oxygen atoms in total. The number of benzene rings is 3. The Morgan fingerprint density at radius 3 is 2.33 bits per heavy atom. The van der Waals surface area contributed by atoms with E-state index in [4.69, 9.17) is 4.42 Å². The summed E-state index contributed by atoms with van der Waals surface area (Å²) >= 11 is 0.